The molecule has 0 spiro atoms. The summed E-state index contributed by atoms with van der Waals surface area (Å²) >= 11 is 0. The Labute approximate surface area is 122 Å². The molecule has 0 aromatic heterocycles. The lowest BCUT2D eigenvalue weighted by Gasteiger charge is -2.38. The maximum Gasteiger partial charge on any atom is 0.0889 e. The molecule has 1 unspecified atom stereocenters. The van der Waals surface area contributed by atoms with Crippen molar-refractivity contribution < 1.29 is 12.5 Å². The van der Waals surface area contributed by atoms with Crippen molar-refractivity contribution in [3.05, 3.63) is 0 Å². The third kappa shape index (κ3) is 8.90. The fraction of sp³-hybridized carbons (Fsp3) is 1.00. The first kappa shape index (κ1) is 19.2. The molecule has 0 saturated heterocycles. The summed E-state index contributed by atoms with van der Waals surface area (Å²) in [6.07, 6.45) is 6.51. The van der Waals surface area contributed by atoms with Gasteiger partial charge in [-0.3, -0.25) is 12.5 Å². The Bertz CT molecular complexity index is 183. The zero-order valence-corrected chi connectivity index (χ0v) is 14.4. The molecule has 0 saturated carbocycles. The standard InChI is InChI=1S/C15H34O3S/c1-6-10-11-12-13-15(5)14-19(16-7-2,17-8-3)18-9-4/h15H,6-14H2,1-5H3. The van der Waals surface area contributed by atoms with Gasteiger partial charge in [-0.2, -0.15) is 0 Å². The fourth-order valence-corrected chi connectivity index (χ4v) is 4.57. The SMILES string of the molecule is CCCCCCC(C)CS(OCC)(OCC)OCC. The molecule has 0 rings (SSSR count). The van der Waals surface area contributed by atoms with Gasteiger partial charge in [0.15, 0.2) is 0 Å². The van der Waals surface area contributed by atoms with Crippen LogP contribution in [-0.4, -0.2) is 25.6 Å². The van der Waals surface area contributed by atoms with Crippen LogP contribution in [0, 0.1) is 5.92 Å². The van der Waals surface area contributed by atoms with Gasteiger partial charge in [0.1, 0.15) is 0 Å². The molecule has 0 aliphatic rings. The number of hydrogen-bond donors (Lipinski definition) is 0. The first-order chi connectivity index (χ1) is 9.14. The van der Waals surface area contributed by atoms with Gasteiger partial charge in [0.05, 0.1) is 30.7 Å². The van der Waals surface area contributed by atoms with Crippen LogP contribution in [0.25, 0.3) is 0 Å². The number of hydrogen-bond acceptors (Lipinski definition) is 3. The van der Waals surface area contributed by atoms with Gasteiger partial charge in [-0.1, -0.05) is 39.5 Å². The Morgan fingerprint density at radius 2 is 1.32 bits per heavy atom. The van der Waals surface area contributed by atoms with Crippen molar-refractivity contribution >= 4 is 10.9 Å². The predicted molar refractivity (Wildman–Crippen MR) is 85.3 cm³/mol. The first-order valence-corrected chi connectivity index (χ1v) is 9.45. The van der Waals surface area contributed by atoms with Crippen LogP contribution in [0.15, 0.2) is 0 Å². The van der Waals surface area contributed by atoms with Gasteiger partial charge in [0.2, 0.25) is 0 Å². The Hall–Kier alpha value is 0.230. The summed E-state index contributed by atoms with van der Waals surface area (Å²) in [5.41, 5.74) is 0. The molecule has 0 N–H and O–H groups in total. The van der Waals surface area contributed by atoms with E-state index in [4.69, 9.17) is 12.5 Å². The van der Waals surface area contributed by atoms with E-state index >= 15 is 0 Å². The van der Waals surface area contributed by atoms with E-state index in [0.717, 1.165) is 5.75 Å². The second-order valence-corrected chi connectivity index (χ2v) is 7.05. The Balaban J connectivity index is 4.26. The summed E-state index contributed by atoms with van der Waals surface area (Å²) in [6, 6.07) is 0. The average Bonchev–Trinajstić information content (AvgIpc) is 2.35. The highest BCUT2D eigenvalue weighted by molar-refractivity contribution is 8.21. The van der Waals surface area contributed by atoms with Crippen molar-refractivity contribution in [2.45, 2.75) is 66.7 Å². The van der Waals surface area contributed by atoms with Crippen LogP contribution in [0.5, 0.6) is 0 Å². The van der Waals surface area contributed by atoms with Crippen molar-refractivity contribution in [2.24, 2.45) is 5.92 Å². The molecule has 4 heteroatoms. The molecule has 3 nitrogen and oxygen atoms in total. The smallest absolute Gasteiger partial charge is 0.0889 e. The topological polar surface area (TPSA) is 27.7 Å². The molecule has 0 heterocycles. The normalized spacial score (nSPS) is 14.6. The molecule has 0 fully saturated rings. The molecule has 1 atom stereocenters. The maximum absolute atomic E-state index is 5.85. The lowest BCUT2D eigenvalue weighted by molar-refractivity contribution is 0.182. The van der Waals surface area contributed by atoms with Gasteiger partial charge in [-0.15, -0.1) is 0 Å². The van der Waals surface area contributed by atoms with Crippen LogP contribution in [-0.2, 0) is 12.5 Å². The van der Waals surface area contributed by atoms with E-state index in [1.165, 1.54) is 32.1 Å². The number of rotatable bonds is 13. The summed E-state index contributed by atoms with van der Waals surface area (Å²) in [6.45, 7) is 12.5. The van der Waals surface area contributed by atoms with Crippen molar-refractivity contribution in [1.82, 2.24) is 0 Å². The van der Waals surface area contributed by atoms with Gasteiger partial charge in [0.25, 0.3) is 0 Å². The second kappa shape index (κ2) is 12.0. The zero-order valence-electron chi connectivity index (χ0n) is 13.6. The molecule has 0 radical (unpaired) electrons. The molecule has 118 valence electrons. The number of unbranched alkanes of at least 4 members (excludes halogenated alkanes) is 3. The van der Waals surface area contributed by atoms with Gasteiger partial charge in [-0.25, -0.2) is 0 Å². The van der Waals surface area contributed by atoms with E-state index in [9.17, 15) is 0 Å². The average molecular weight is 295 g/mol. The fourth-order valence-electron chi connectivity index (χ4n) is 2.14. The molecule has 0 aliphatic carbocycles. The van der Waals surface area contributed by atoms with Crippen molar-refractivity contribution in [3.63, 3.8) is 0 Å². The molecule has 19 heavy (non-hydrogen) atoms. The van der Waals surface area contributed by atoms with Crippen molar-refractivity contribution in [1.29, 1.82) is 0 Å². The lowest BCUT2D eigenvalue weighted by Crippen LogP contribution is -2.20. The van der Waals surface area contributed by atoms with E-state index in [1.807, 2.05) is 20.8 Å². The molecule has 0 bridgehead atoms. The molecule has 0 amide bonds. The van der Waals surface area contributed by atoms with Crippen LogP contribution in [0.2, 0.25) is 0 Å². The van der Waals surface area contributed by atoms with E-state index < -0.39 is 10.9 Å². The lowest BCUT2D eigenvalue weighted by atomic mass is 10.0. The summed E-state index contributed by atoms with van der Waals surface area (Å²) in [5, 5.41) is 0. The molecular formula is C15H34O3S. The maximum atomic E-state index is 5.85. The Morgan fingerprint density at radius 3 is 1.74 bits per heavy atom. The van der Waals surface area contributed by atoms with Gasteiger partial charge in [0, 0.05) is 5.75 Å². The van der Waals surface area contributed by atoms with E-state index in [0.29, 0.717) is 25.7 Å². The van der Waals surface area contributed by atoms with Gasteiger partial charge in [-0.05, 0) is 33.1 Å². The minimum Gasteiger partial charge on any atom is -0.293 e. The van der Waals surface area contributed by atoms with Crippen LogP contribution in [0.1, 0.15) is 66.7 Å². The highest BCUT2D eigenvalue weighted by atomic mass is 32.3. The predicted octanol–water partition coefficient (Wildman–Crippen LogP) is 5.25. The highest BCUT2D eigenvalue weighted by Crippen LogP contribution is 2.53. The van der Waals surface area contributed by atoms with Crippen molar-refractivity contribution in [2.75, 3.05) is 25.6 Å². The van der Waals surface area contributed by atoms with E-state index in [1.54, 1.807) is 0 Å². The summed E-state index contributed by atoms with van der Waals surface area (Å²) in [7, 11) is -1.79. The van der Waals surface area contributed by atoms with E-state index in [-0.39, 0.29) is 0 Å². The third-order valence-electron chi connectivity index (χ3n) is 2.93. The first-order valence-electron chi connectivity index (χ1n) is 7.88. The summed E-state index contributed by atoms with van der Waals surface area (Å²) in [4.78, 5) is 0. The summed E-state index contributed by atoms with van der Waals surface area (Å²) < 4.78 is 17.5. The van der Waals surface area contributed by atoms with Crippen LogP contribution >= 0.6 is 10.9 Å². The van der Waals surface area contributed by atoms with E-state index in [2.05, 4.69) is 13.8 Å². The largest absolute Gasteiger partial charge is 0.293 e. The van der Waals surface area contributed by atoms with Gasteiger partial charge < -0.3 is 0 Å². The monoisotopic (exact) mass is 294 g/mol. The van der Waals surface area contributed by atoms with Gasteiger partial charge >= 0.3 is 0 Å². The third-order valence-corrected chi connectivity index (χ3v) is 5.69. The molecular weight excluding hydrogens is 260 g/mol. The van der Waals surface area contributed by atoms with Crippen LogP contribution in [0.4, 0.5) is 0 Å². The highest BCUT2D eigenvalue weighted by Gasteiger charge is 2.28. The summed E-state index contributed by atoms with van der Waals surface area (Å²) in [5.74, 6) is 1.49. The molecule has 0 aromatic carbocycles. The minimum atomic E-state index is -1.79. The Kier molecular flexibility index (Phi) is 12.2. The van der Waals surface area contributed by atoms with Crippen LogP contribution < -0.4 is 0 Å². The van der Waals surface area contributed by atoms with Crippen LogP contribution in [0.3, 0.4) is 0 Å². The quantitative estimate of drug-likeness (QED) is 0.434. The second-order valence-electron chi connectivity index (χ2n) is 4.90. The molecule has 0 aliphatic heterocycles. The molecule has 0 aromatic rings. The Morgan fingerprint density at radius 1 is 0.789 bits per heavy atom. The van der Waals surface area contributed by atoms with Crippen molar-refractivity contribution in [3.8, 4) is 0 Å². The minimum absolute atomic E-state index is 0.594. The zero-order chi connectivity index (χ0) is 14.6.